The van der Waals surface area contributed by atoms with Crippen LogP contribution in [0.15, 0.2) is 48.8 Å². The maximum absolute atomic E-state index is 11.0. The molecule has 8 nitrogen and oxygen atoms in total. The van der Waals surface area contributed by atoms with E-state index in [4.69, 9.17) is 15.6 Å². The summed E-state index contributed by atoms with van der Waals surface area (Å²) in [5, 5.41) is 5.03. The van der Waals surface area contributed by atoms with E-state index in [0.29, 0.717) is 36.7 Å². The highest BCUT2D eigenvalue weighted by molar-refractivity contribution is 7.89. The van der Waals surface area contributed by atoms with Gasteiger partial charge in [-0.15, -0.1) is 0 Å². The SMILES string of the molecule is CCc1cnc(CCc2cc(N)nc(Oc3ccc(CCCS(N)(=O)=O)cc3)c2)nc1. The first-order valence-corrected chi connectivity index (χ1v) is 11.9. The van der Waals surface area contributed by atoms with E-state index in [2.05, 4.69) is 21.9 Å². The van der Waals surface area contributed by atoms with E-state index in [1.165, 1.54) is 0 Å². The molecular weight excluding hydrogens is 414 g/mol. The molecule has 2 aromatic heterocycles. The predicted octanol–water partition coefficient (Wildman–Crippen LogP) is 2.81. The number of anilines is 1. The van der Waals surface area contributed by atoms with Crippen LogP contribution in [0.2, 0.25) is 0 Å². The van der Waals surface area contributed by atoms with Gasteiger partial charge in [0, 0.05) is 24.9 Å². The molecule has 0 fully saturated rings. The molecule has 9 heteroatoms. The van der Waals surface area contributed by atoms with Gasteiger partial charge in [-0.25, -0.2) is 23.5 Å². The second-order valence-electron chi connectivity index (χ2n) is 7.32. The van der Waals surface area contributed by atoms with Gasteiger partial charge in [0.15, 0.2) is 0 Å². The molecule has 0 saturated heterocycles. The topological polar surface area (TPSA) is 134 Å². The molecule has 0 aliphatic carbocycles. The highest BCUT2D eigenvalue weighted by atomic mass is 32.2. The second kappa shape index (κ2) is 10.3. The molecule has 2 heterocycles. The van der Waals surface area contributed by atoms with Crippen molar-refractivity contribution in [3.05, 3.63) is 71.3 Å². The molecule has 0 unspecified atom stereocenters. The first kappa shape index (κ1) is 22.6. The van der Waals surface area contributed by atoms with Gasteiger partial charge in [0.05, 0.1) is 5.75 Å². The lowest BCUT2D eigenvalue weighted by Gasteiger charge is -2.09. The van der Waals surface area contributed by atoms with Crippen molar-refractivity contribution in [1.82, 2.24) is 15.0 Å². The van der Waals surface area contributed by atoms with Crippen molar-refractivity contribution < 1.29 is 13.2 Å². The molecule has 0 aliphatic rings. The number of hydrogen-bond acceptors (Lipinski definition) is 7. The maximum Gasteiger partial charge on any atom is 0.221 e. The van der Waals surface area contributed by atoms with E-state index < -0.39 is 10.0 Å². The van der Waals surface area contributed by atoms with E-state index in [0.717, 1.165) is 35.4 Å². The number of hydrogen-bond donors (Lipinski definition) is 2. The van der Waals surface area contributed by atoms with Crippen molar-refractivity contribution in [2.45, 2.75) is 39.0 Å². The van der Waals surface area contributed by atoms with Crippen LogP contribution in [0.5, 0.6) is 11.6 Å². The van der Waals surface area contributed by atoms with E-state index in [9.17, 15) is 8.42 Å². The minimum Gasteiger partial charge on any atom is -0.439 e. The van der Waals surface area contributed by atoms with E-state index in [1.54, 1.807) is 0 Å². The summed E-state index contributed by atoms with van der Waals surface area (Å²) in [6.07, 6.45) is 7.14. The zero-order valence-electron chi connectivity index (χ0n) is 17.5. The molecule has 1 aromatic carbocycles. The van der Waals surface area contributed by atoms with Crippen LogP contribution in [0.25, 0.3) is 0 Å². The number of nitrogens with zero attached hydrogens (tertiary/aromatic N) is 3. The van der Waals surface area contributed by atoms with Crippen molar-refractivity contribution in [3.63, 3.8) is 0 Å². The van der Waals surface area contributed by atoms with Gasteiger partial charge in [0.1, 0.15) is 17.4 Å². The summed E-state index contributed by atoms with van der Waals surface area (Å²) in [6.45, 7) is 2.07. The summed E-state index contributed by atoms with van der Waals surface area (Å²) < 4.78 is 27.9. The number of benzene rings is 1. The van der Waals surface area contributed by atoms with Crippen LogP contribution in [0.1, 0.15) is 35.9 Å². The van der Waals surface area contributed by atoms with Crippen molar-refractivity contribution in [3.8, 4) is 11.6 Å². The zero-order chi connectivity index (χ0) is 22.3. The van der Waals surface area contributed by atoms with E-state index >= 15 is 0 Å². The molecule has 31 heavy (non-hydrogen) atoms. The smallest absolute Gasteiger partial charge is 0.221 e. The minimum atomic E-state index is -3.43. The lowest BCUT2D eigenvalue weighted by molar-refractivity contribution is 0.463. The summed E-state index contributed by atoms with van der Waals surface area (Å²) in [6, 6.07) is 11.1. The largest absolute Gasteiger partial charge is 0.439 e. The Hall–Kier alpha value is -3.04. The van der Waals surface area contributed by atoms with Gasteiger partial charge in [-0.2, -0.15) is 4.98 Å². The van der Waals surface area contributed by atoms with Gasteiger partial charge in [0.2, 0.25) is 15.9 Å². The number of sulfonamides is 1. The lowest BCUT2D eigenvalue weighted by atomic mass is 10.1. The number of rotatable bonds is 10. The van der Waals surface area contributed by atoms with Gasteiger partial charge in [-0.1, -0.05) is 19.1 Å². The summed E-state index contributed by atoms with van der Waals surface area (Å²) in [5.41, 5.74) is 9.06. The number of pyridine rings is 1. The predicted molar refractivity (Wildman–Crippen MR) is 120 cm³/mol. The third kappa shape index (κ3) is 7.62. The first-order chi connectivity index (χ1) is 14.8. The Morgan fingerprint density at radius 1 is 0.935 bits per heavy atom. The number of nitrogens with two attached hydrogens (primary N) is 2. The Bertz CT molecular complexity index is 1100. The Balaban J connectivity index is 1.59. The summed E-state index contributed by atoms with van der Waals surface area (Å²) in [5.74, 6) is 2.18. The van der Waals surface area contributed by atoms with Crippen molar-refractivity contribution >= 4 is 15.8 Å². The van der Waals surface area contributed by atoms with Crippen molar-refractivity contribution in [2.24, 2.45) is 5.14 Å². The Morgan fingerprint density at radius 2 is 1.65 bits per heavy atom. The zero-order valence-corrected chi connectivity index (χ0v) is 18.3. The normalized spacial score (nSPS) is 11.4. The molecule has 0 aliphatic heterocycles. The molecule has 164 valence electrons. The molecule has 0 atom stereocenters. The van der Waals surface area contributed by atoms with Crippen LogP contribution in [0, 0.1) is 0 Å². The van der Waals surface area contributed by atoms with Crippen molar-refractivity contribution in [1.29, 1.82) is 0 Å². The summed E-state index contributed by atoms with van der Waals surface area (Å²) >= 11 is 0. The minimum absolute atomic E-state index is 0.0327. The van der Waals surface area contributed by atoms with Gasteiger partial charge in [0.25, 0.3) is 0 Å². The van der Waals surface area contributed by atoms with Crippen molar-refractivity contribution in [2.75, 3.05) is 11.5 Å². The quantitative estimate of drug-likeness (QED) is 0.494. The molecule has 0 bridgehead atoms. The number of aromatic nitrogens is 3. The van der Waals surface area contributed by atoms with Gasteiger partial charge >= 0.3 is 0 Å². The Morgan fingerprint density at radius 3 is 2.29 bits per heavy atom. The van der Waals surface area contributed by atoms with Crippen LogP contribution in [0.3, 0.4) is 0 Å². The number of nitrogen functional groups attached to an aromatic ring is 1. The highest BCUT2D eigenvalue weighted by Gasteiger charge is 2.07. The molecule has 0 saturated carbocycles. The summed E-state index contributed by atoms with van der Waals surface area (Å²) in [7, 11) is -3.43. The van der Waals surface area contributed by atoms with Crippen LogP contribution in [0.4, 0.5) is 5.82 Å². The lowest BCUT2D eigenvalue weighted by Crippen LogP contribution is -2.16. The molecule has 3 aromatic rings. The fourth-order valence-electron chi connectivity index (χ4n) is 3.05. The van der Waals surface area contributed by atoms with Crippen LogP contribution >= 0.6 is 0 Å². The number of aryl methyl sites for hydroxylation is 4. The molecule has 0 spiro atoms. The molecule has 0 radical (unpaired) electrons. The molecule has 0 amide bonds. The van der Waals surface area contributed by atoms with Crippen LogP contribution in [-0.4, -0.2) is 29.1 Å². The average molecular weight is 442 g/mol. The van der Waals surface area contributed by atoms with Crippen LogP contribution < -0.4 is 15.6 Å². The van der Waals surface area contributed by atoms with Gasteiger partial charge < -0.3 is 10.5 Å². The third-order valence-corrected chi connectivity index (χ3v) is 5.58. The fourth-order valence-corrected chi connectivity index (χ4v) is 3.60. The molecule has 4 N–H and O–H groups in total. The molecular formula is C22H27N5O3S. The van der Waals surface area contributed by atoms with Gasteiger partial charge in [-0.05, 0) is 60.6 Å². The van der Waals surface area contributed by atoms with Gasteiger partial charge in [-0.3, -0.25) is 0 Å². The second-order valence-corrected chi connectivity index (χ2v) is 9.05. The average Bonchev–Trinajstić information content (AvgIpc) is 2.73. The highest BCUT2D eigenvalue weighted by Crippen LogP contribution is 2.23. The van der Waals surface area contributed by atoms with E-state index in [-0.39, 0.29) is 5.75 Å². The Labute approximate surface area is 182 Å². The number of primary sulfonamides is 1. The Kier molecular flexibility index (Phi) is 7.54. The third-order valence-electron chi connectivity index (χ3n) is 4.73. The monoisotopic (exact) mass is 441 g/mol. The molecule has 3 rings (SSSR count). The van der Waals surface area contributed by atoms with Crippen LogP contribution in [-0.2, 0) is 35.7 Å². The first-order valence-electron chi connectivity index (χ1n) is 10.1. The standard InChI is InChI=1S/C22H27N5O3S/c1-2-16-14-25-21(26-15-16)10-7-18-12-20(23)27-22(13-18)30-19-8-5-17(6-9-19)4-3-11-31(24,28)29/h5-6,8-9,12-15H,2-4,7,10-11H2,1H3,(H2,23,27)(H2,24,28,29). The van der Waals surface area contributed by atoms with E-state index in [1.807, 2.05) is 48.8 Å². The fraction of sp³-hybridized carbons (Fsp3) is 0.318. The maximum atomic E-state index is 11.0. The number of ether oxygens (including phenoxy) is 1. The summed E-state index contributed by atoms with van der Waals surface area (Å²) in [4.78, 5) is 13.0.